The quantitative estimate of drug-likeness (QED) is 0.473. The summed E-state index contributed by atoms with van der Waals surface area (Å²) in [6.07, 6.45) is 1.60. The summed E-state index contributed by atoms with van der Waals surface area (Å²) in [5.41, 5.74) is -4.59. The van der Waals surface area contributed by atoms with Crippen LogP contribution in [-0.4, -0.2) is 55.4 Å². The second-order valence-corrected chi connectivity index (χ2v) is 6.24. The van der Waals surface area contributed by atoms with Gasteiger partial charge < -0.3 is 25.5 Å². The van der Waals surface area contributed by atoms with E-state index in [1.807, 2.05) is 0 Å². The van der Waals surface area contributed by atoms with Gasteiger partial charge in [0, 0.05) is 11.5 Å². The van der Waals surface area contributed by atoms with Crippen molar-refractivity contribution in [2.24, 2.45) is 5.41 Å². The molecule has 146 valence electrons. The van der Waals surface area contributed by atoms with Gasteiger partial charge in [0.05, 0.1) is 22.1 Å². The Balaban J connectivity index is 2.87. The molecule has 1 aliphatic carbocycles. The van der Waals surface area contributed by atoms with E-state index in [-0.39, 0.29) is 5.56 Å². The zero-order chi connectivity index (χ0) is 21.4. The second-order valence-electron chi connectivity index (χ2n) is 6.24. The van der Waals surface area contributed by atoms with Crippen LogP contribution in [0, 0.1) is 5.41 Å². The van der Waals surface area contributed by atoms with Gasteiger partial charge in [0.2, 0.25) is 0 Å². The Morgan fingerprint density at radius 2 is 1.46 bits per heavy atom. The van der Waals surface area contributed by atoms with Gasteiger partial charge in [0.15, 0.2) is 0 Å². The molecule has 28 heavy (non-hydrogen) atoms. The molecule has 0 radical (unpaired) electrons. The van der Waals surface area contributed by atoms with Crippen molar-refractivity contribution in [1.29, 1.82) is 0 Å². The molecule has 0 saturated carbocycles. The summed E-state index contributed by atoms with van der Waals surface area (Å²) in [7, 11) is 0. The van der Waals surface area contributed by atoms with Crippen molar-refractivity contribution in [2.45, 2.75) is 12.8 Å². The van der Waals surface area contributed by atoms with Crippen molar-refractivity contribution in [3.8, 4) is 0 Å². The van der Waals surface area contributed by atoms with E-state index in [1.165, 1.54) is 0 Å². The molecule has 1 aromatic carbocycles. The Labute approximate surface area is 156 Å². The molecule has 10 nitrogen and oxygen atoms in total. The fourth-order valence-corrected chi connectivity index (χ4v) is 3.13. The van der Waals surface area contributed by atoms with Gasteiger partial charge in [0.1, 0.15) is 0 Å². The second kappa shape index (κ2) is 6.99. The molecule has 0 amide bonds. The van der Waals surface area contributed by atoms with Crippen molar-refractivity contribution >= 4 is 29.8 Å². The number of rotatable bonds is 6. The molecular formula is C18H14O10. The minimum atomic E-state index is -2.12. The molecule has 0 fully saturated rings. The molecule has 0 aromatic heterocycles. The largest absolute Gasteiger partial charge is 0.481 e. The van der Waals surface area contributed by atoms with E-state index in [4.69, 9.17) is 5.11 Å². The van der Waals surface area contributed by atoms with Crippen LogP contribution in [0.1, 0.15) is 39.1 Å². The zero-order valence-electron chi connectivity index (χ0n) is 14.2. The third kappa shape index (κ3) is 3.34. The van der Waals surface area contributed by atoms with E-state index in [0.717, 1.165) is 37.3 Å². The summed E-state index contributed by atoms with van der Waals surface area (Å²) < 4.78 is 0. The number of carboxylic acids is 5. The SMILES string of the molecule is CC1(C(=O)O)C=C(C(=O)O)C=C(C(=O)O)C1c1ccc(C(=O)O)cc1C(=O)O. The molecule has 0 heterocycles. The lowest BCUT2D eigenvalue weighted by Crippen LogP contribution is -2.39. The Morgan fingerprint density at radius 3 is 1.89 bits per heavy atom. The lowest BCUT2D eigenvalue weighted by molar-refractivity contribution is -0.146. The molecule has 2 atom stereocenters. The van der Waals surface area contributed by atoms with Gasteiger partial charge in [-0.2, -0.15) is 0 Å². The van der Waals surface area contributed by atoms with Gasteiger partial charge >= 0.3 is 29.8 Å². The highest BCUT2D eigenvalue weighted by Gasteiger charge is 2.48. The molecule has 1 aromatic rings. The molecular weight excluding hydrogens is 376 g/mol. The number of aliphatic carboxylic acids is 3. The number of benzene rings is 1. The van der Waals surface area contributed by atoms with Crippen molar-refractivity contribution in [3.05, 3.63) is 58.2 Å². The lowest BCUT2D eigenvalue weighted by Gasteiger charge is -2.36. The van der Waals surface area contributed by atoms with Crippen LogP contribution >= 0.6 is 0 Å². The molecule has 1 aliphatic rings. The predicted octanol–water partition coefficient (Wildman–Crippen LogP) is 1.29. The smallest absolute Gasteiger partial charge is 0.336 e. The summed E-state index contributed by atoms with van der Waals surface area (Å²) in [5.74, 6) is -9.38. The van der Waals surface area contributed by atoms with Gasteiger partial charge in [-0.3, -0.25) is 4.79 Å². The zero-order valence-corrected chi connectivity index (χ0v) is 14.2. The maximum atomic E-state index is 12.0. The lowest BCUT2D eigenvalue weighted by atomic mass is 9.65. The average molecular weight is 390 g/mol. The van der Waals surface area contributed by atoms with Gasteiger partial charge in [0.25, 0.3) is 0 Å². The first kappa shape index (κ1) is 20.4. The maximum Gasteiger partial charge on any atom is 0.336 e. The number of carboxylic acid groups (broad SMARTS) is 5. The minimum Gasteiger partial charge on any atom is -0.481 e. The van der Waals surface area contributed by atoms with Crippen LogP contribution in [0.3, 0.4) is 0 Å². The summed E-state index contributed by atoms with van der Waals surface area (Å²) in [5, 5.41) is 46.9. The van der Waals surface area contributed by atoms with Crippen LogP contribution in [0.2, 0.25) is 0 Å². The molecule has 5 N–H and O–H groups in total. The van der Waals surface area contributed by atoms with Crippen LogP contribution in [0.4, 0.5) is 0 Å². The fraction of sp³-hybridized carbons (Fsp3) is 0.167. The van der Waals surface area contributed by atoms with Crippen LogP contribution in [0.5, 0.6) is 0 Å². The normalized spacial score (nSPS) is 21.2. The number of hydrogen-bond donors (Lipinski definition) is 5. The highest BCUT2D eigenvalue weighted by atomic mass is 16.4. The Bertz CT molecular complexity index is 984. The van der Waals surface area contributed by atoms with E-state index in [1.54, 1.807) is 0 Å². The highest BCUT2D eigenvalue weighted by Crippen LogP contribution is 2.48. The maximum absolute atomic E-state index is 12.0. The summed E-state index contributed by atoms with van der Waals surface area (Å²) >= 11 is 0. The molecule has 0 saturated heterocycles. The van der Waals surface area contributed by atoms with Crippen molar-refractivity contribution in [2.75, 3.05) is 0 Å². The minimum absolute atomic E-state index is 0.267. The van der Waals surface area contributed by atoms with Crippen molar-refractivity contribution in [3.63, 3.8) is 0 Å². The number of carbonyl (C=O) groups is 5. The first-order valence-corrected chi connectivity index (χ1v) is 7.65. The van der Waals surface area contributed by atoms with Crippen molar-refractivity contribution < 1.29 is 49.5 Å². The van der Waals surface area contributed by atoms with Crippen LogP contribution in [-0.2, 0) is 14.4 Å². The van der Waals surface area contributed by atoms with E-state index < -0.39 is 63.5 Å². The van der Waals surface area contributed by atoms with Gasteiger partial charge in [-0.25, -0.2) is 19.2 Å². The van der Waals surface area contributed by atoms with Crippen LogP contribution in [0.15, 0.2) is 41.5 Å². The fourth-order valence-electron chi connectivity index (χ4n) is 3.13. The highest BCUT2D eigenvalue weighted by molar-refractivity contribution is 6.01. The standard InChI is InChI=1S/C18H14O10/c1-18(17(27)28)6-8(14(21)22)5-11(16(25)26)12(18)9-3-2-7(13(19)20)4-10(9)15(23)24/h2-6,12H,1H3,(H,19,20)(H,21,22)(H,23,24)(H,25,26)(H,27,28). The Morgan fingerprint density at radius 1 is 0.857 bits per heavy atom. The molecule has 2 rings (SSSR count). The average Bonchev–Trinajstić information content (AvgIpc) is 2.60. The predicted molar refractivity (Wildman–Crippen MR) is 90.3 cm³/mol. The van der Waals surface area contributed by atoms with Gasteiger partial charge in [-0.15, -0.1) is 0 Å². The molecule has 0 bridgehead atoms. The van der Waals surface area contributed by atoms with Crippen LogP contribution in [0.25, 0.3) is 0 Å². The summed E-state index contributed by atoms with van der Waals surface area (Å²) in [4.78, 5) is 57.8. The van der Waals surface area contributed by atoms with E-state index in [2.05, 4.69) is 0 Å². The topological polar surface area (TPSA) is 186 Å². The number of hydrogen-bond acceptors (Lipinski definition) is 5. The Kier molecular flexibility index (Phi) is 5.08. The first-order valence-electron chi connectivity index (χ1n) is 7.65. The Hall–Kier alpha value is -3.95. The summed E-state index contributed by atoms with van der Waals surface area (Å²) in [6.45, 7) is 1.07. The third-order valence-electron chi connectivity index (χ3n) is 4.47. The molecule has 0 aliphatic heterocycles. The van der Waals surface area contributed by atoms with E-state index in [0.29, 0.717) is 0 Å². The molecule has 10 heteroatoms. The molecule has 0 spiro atoms. The van der Waals surface area contributed by atoms with Gasteiger partial charge in [-0.1, -0.05) is 12.1 Å². The first-order chi connectivity index (χ1) is 12.9. The van der Waals surface area contributed by atoms with E-state index in [9.17, 15) is 44.4 Å². The monoisotopic (exact) mass is 390 g/mol. The van der Waals surface area contributed by atoms with E-state index >= 15 is 0 Å². The molecule has 2 unspecified atom stereocenters. The summed E-state index contributed by atoms with van der Waals surface area (Å²) in [6, 6.07) is 2.83. The third-order valence-corrected chi connectivity index (χ3v) is 4.47. The number of aromatic carboxylic acids is 2. The van der Waals surface area contributed by atoms with Crippen LogP contribution < -0.4 is 0 Å². The van der Waals surface area contributed by atoms with Gasteiger partial charge in [-0.05, 0) is 30.7 Å². The van der Waals surface area contributed by atoms with Crippen molar-refractivity contribution in [1.82, 2.24) is 0 Å².